The van der Waals surface area contributed by atoms with Crippen LogP contribution in [0, 0.1) is 12.3 Å². The van der Waals surface area contributed by atoms with Crippen LogP contribution in [0.1, 0.15) is 29.8 Å². The minimum atomic E-state index is -4.69. The van der Waals surface area contributed by atoms with Crippen LogP contribution < -0.4 is 5.73 Å². The molecule has 1 aliphatic rings. The molecule has 162 valence electrons. The van der Waals surface area contributed by atoms with Crippen LogP contribution in [-0.4, -0.2) is 39.5 Å². The van der Waals surface area contributed by atoms with Gasteiger partial charge in [-0.25, -0.2) is 0 Å². The second kappa shape index (κ2) is 8.11. The van der Waals surface area contributed by atoms with Gasteiger partial charge in [-0.1, -0.05) is 35.3 Å². The molecule has 0 atom stereocenters. The lowest BCUT2D eigenvalue weighted by atomic mass is 9.72. The van der Waals surface area contributed by atoms with Crippen LogP contribution in [0.25, 0.3) is 0 Å². The summed E-state index contributed by atoms with van der Waals surface area (Å²) >= 11 is 11.7. The molecule has 0 radical (unpaired) electrons. The monoisotopic (exact) mass is 461 g/mol. The molecule has 3 rings (SSSR count). The van der Waals surface area contributed by atoms with Crippen LogP contribution in [0.15, 0.2) is 24.3 Å². The summed E-state index contributed by atoms with van der Waals surface area (Å²) in [6, 6.07) is 7.08. The van der Waals surface area contributed by atoms with Crippen LogP contribution in [-0.2, 0) is 22.9 Å². The number of carbonyl (C=O) groups excluding carboxylic acids is 1. The van der Waals surface area contributed by atoms with Gasteiger partial charge in [0.2, 0.25) is 5.91 Å². The average molecular weight is 462 g/mol. The predicted molar refractivity (Wildman–Crippen MR) is 108 cm³/mol. The number of alkyl halides is 3. The number of amides is 1. The van der Waals surface area contributed by atoms with E-state index in [-0.39, 0.29) is 24.0 Å². The third-order valence-electron chi connectivity index (χ3n) is 5.57. The van der Waals surface area contributed by atoms with Crippen LogP contribution in [0.4, 0.5) is 13.2 Å². The van der Waals surface area contributed by atoms with Gasteiger partial charge in [-0.15, -0.1) is 0 Å². The average Bonchev–Trinajstić information content (AvgIpc) is 2.97. The highest BCUT2D eigenvalue weighted by atomic mass is 35.5. The Bertz CT molecular complexity index is 964. The maximum atomic E-state index is 13.0. The third kappa shape index (κ3) is 4.13. The molecule has 2 heterocycles. The summed E-state index contributed by atoms with van der Waals surface area (Å²) in [7, 11) is 0. The molecule has 0 aliphatic carbocycles. The number of piperidine rings is 1. The second-order valence-electron chi connectivity index (χ2n) is 7.29. The van der Waals surface area contributed by atoms with Crippen molar-refractivity contribution in [1.82, 2.24) is 14.7 Å². The van der Waals surface area contributed by atoms with Gasteiger partial charge in [0.05, 0.1) is 16.1 Å². The molecule has 3 N–H and O–H groups in total. The Balaban J connectivity index is 1.74. The Labute approximate surface area is 181 Å². The van der Waals surface area contributed by atoms with Gasteiger partial charge in [-0.2, -0.15) is 18.3 Å². The topological polar surface area (TPSA) is 88.0 Å². The number of likely N-dealkylation sites (tertiary alicyclic amines) is 1. The number of hydrogen-bond donors (Lipinski definition) is 2. The lowest BCUT2D eigenvalue weighted by Gasteiger charge is -2.41. The van der Waals surface area contributed by atoms with Gasteiger partial charge < -0.3 is 10.6 Å². The predicted octanol–water partition coefficient (Wildman–Crippen LogP) is 4.01. The van der Waals surface area contributed by atoms with Gasteiger partial charge >= 0.3 is 6.18 Å². The third-order valence-corrected chi connectivity index (χ3v) is 6.27. The van der Waals surface area contributed by atoms with E-state index >= 15 is 0 Å². The first-order valence-electron chi connectivity index (χ1n) is 9.14. The van der Waals surface area contributed by atoms with Gasteiger partial charge in [-0.3, -0.25) is 14.9 Å². The number of benzene rings is 1. The smallest absolute Gasteiger partial charge is 0.387 e. The Morgan fingerprint density at radius 3 is 2.27 bits per heavy atom. The van der Waals surface area contributed by atoms with E-state index in [9.17, 15) is 18.0 Å². The van der Waals surface area contributed by atoms with Gasteiger partial charge in [-0.05, 0) is 37.5 Å². The maximum absolute atomic E-state index is 13.0. The number of hydrogen-bond acceptors (Lipinski definition) is 3. The number of nitrogens with two attached hydrogens (primary N) is 1. The van der Waals surface area contributed by atoms with Crippen molar-refractivity contribution < 1.29 is 18.0 Å². The van der Waals surface area contributed by atoms with E-state index in [1.54, 1.807) is 17.0 Å². The molecule has 1 fully saturated rings. The largest absolute Gasteiger partial charge is 0.436 e. The Hall–Kier alpha value is -2.26. The minimum absolute atomic E-state index is 0.00134. The van der Waals surface area contributed by atoms with Crippen LogP contribution >= 0.6 is 23.2 Å². The van der Waals surface area contributed by atoms with Gasteiger partial charge in [0.1, 0.15) is 12.4 Å². The van der Waals surface area contributed by atoms with Gasteiger partial charge in [0, 0.05) is 18.1 Å². The normalized spacial score (nSPS) is 16.5. The molecule has 1 aromatic carbocycles. The first-order valence-corrected chi connectivity index (χ1v) is 9.90. The molecule has 0 spiro atoms. The van der Waals surface area contributed by atoms with Crippen molar-refractivity contribution in [3.05, 3.63) is 51.3 Å². The lowest BCUT2D eigenvalue weighted by molar-refractivity contribution is -0.142. The molecule has 1 amide bonds. The molecule has 2 aromatic rings. The van der Waals surface area contributed by atoms with E-state index < -0.39 is 22.3 Å². The molecule has 6 nitrogen and oxygen atoms in total. The minimum Gasteiger partial charge on any atom is -0.387 e. The first kappa shape index (κ1) is 22.4. The number of halogens is 5. The molecule has 1 aromatic heterocycles. The van der Waals surface area contributed by atoms with Crippen molar-refractivity contribution >= 4 is 34.9 Å². The molecule has 1 aliphatic heterocycles. The molecular weight excluding hydrogens is 442 g/mol. The summed E-state index contributed by atoms with van der Waals surface area (Å²) in [4.78, 5) is 14.2. The maximum Gasteiger partial charge on any atom is 0.436 e. The van der Waals surface area contributed by atoms with Crippen molar-refractivity contribution in [2.24, 2.45) is 5.73 Å². The number of carbonyl (C=O) groups is 1. The fourth-order valence-corrected chi connectivity index (χ4v) is 4.08. The SMILES string of the molecule is Cc1c(Cl)c(C(F)(F)F)nn1CC(=O)N1CCC(C(=N)N)(c2ccc(Cl)cc2)CC1. The van der Waals surface area contributed by atoms with E-state index in [1.807, 2.05) is 12.1 Å². The summed E-state index contributed by atoms with van der Waals surface area (Å²) in [5.74, 6) is -0.374. The molecule has 30 heavy (non-hydrogen) atoms. The fraction of sp³-hybridized carbons (Fsp3) is 0.421. The molecule has 0 bridgehead atoms. The zero-order chi connectivity index (χ0) is 22.3. The van der Waals surface area contributed by atoms with Gasteiger partial charge in [0.25, 0.3) is 0 Å². The number of aromatic nitrogens is 2. The molecule has 0 unspecified atom stereocenters. The summed E-state index contributed by atoms with van der Waals surface area (Å²) in [5.41, 5.74) is 4.91. The number of rotatable bonds is 4. The standard InChI is InChI=1S/C19H20Cl2F3N5O/c1-11-15(21)16(19(22,23)24)27-29(11)10-14(30)28-8-6-18(7-9-28,17(25)26)12-2-4-13(20)5-3-12/h2-5H,6-10H2,1H3,(H3,25,26). The highest BCUT2D eigenvalue weighted by molar-refractivity contribution is 6.32. The highest BCUT2D eigenvalue weighted by Crippen LogP contribution is 2.37. The first-order chi connectivity index (χ1) is 14.0. The lowest BCUT2D eigenvalue weighted by Crippen LogP contribution is -2.51. The van der Waals surface area contributed by atoms with E-state index in [4.69, 9.17) is 34.3 Å². The zero-order valence-corrected chi connectivity index (χ0v) is 17.6. The summed E-state index contributed by atoms with van der Waals surface area (Å²) in [6.45, 7) is 1.65. The summed E-state index contributed by atoms with van der Waals surface area (Å²) < 4.78 is 39.9. The number of nitrogens with zero attached hydrogens (tertiary/aromatic N) is 3. The van der Waals surface area contributed by atoms with E-state index in [0.29, 0.717) is 31.0 Å². The Kier molecular flexibility index (Phi) is 6.06. The highest BCUT2D eigenvalue weighted by Gasteiger charge is 2.41. The van der Waals surface area contributed by atoms with Crippen LogP contribution in [0.2, 0.25) is 10.0 Å². The Morgan fingerprint density at radius 1 is 1.23 bits per heavy atom. The van der Waals surface area contributed by atoms with Crippen molar-refractivity contribution in [1.29, 1.82) is 5.41 Å². The number of nitrogens with one attached hydrogen (secondary N) is 1. The van der Waals surface area contributed by atoms with Gasteiger partial charge in [0.15, 0.2) is 5.69 Å². The summed E-state index contributed by atoms with van der Waals surface area (Å²) in [5, 5.41) is 11.6. The molecule has 11 heteroatoms. The van der Waals surface area contributed by atoms with E-state index in [1.165, 1.54) is 6.92 Å². The summed E-state index contributed by atoms with van der Waals surface area (Å²) in [6.07, 6.45) is -3.86. The van der Waals surface area contributed by atoms with Crippen LogP contribution in [0.3, 0.4) is 0 Å². The van der Waals surface area contributed by atoms with Crippen LogP contribution in [0.5, 0.6) is 0 Å². The van der Waals surface area contributed by atoms with Crippen molar-refractivity contribution in [2.45, 2.75) is 37.9 Å². The van der Waals surface area contributed by atoms with Crippen molar-refractivity contribution in [3.8, 4) is 0 Å². The molecule has 0 saturated carbocycles. The number of amidine groups is 1. The molecule has 1 saturated heterocycles. The van der Waals surface area contributed by atoms with Crippen molar-refractivity contribution in [2.75, 3.05) is 13.1 Å². The second-order valence-corrected chi connectivity index (χ2v) is 8.10. The van der Waals surface area contributed by atoms with E-state index in [0.717, 1.165) is 10.2 Å². The van der Waals surface area contributed by atoms with Crippen molar-refractivity contribution in [3.63, 3.8) is 0 Å². The fourth-order valence-electron chi connectivity index (χ4n) is 3.71. The quantitative estimate of drug-likeness (QED) is 0.532. The zero-order valence-electron chi connectivity index (χ0n) is 16.1. The Morgan fingerprint density at radius 2 is 1.80 bits per heavy atom. The van der Waals surface area contributed by atoms with E-state index in [2.05, 4.69) is 5.10 Å². The molecular formula is C19H20Cl2F3N5O.